The minimum atomic E-state index is -0.632. The zero-order valence-corrected chi connectivity index (χ0v) is 10.4. The van der Waals surface area contributed by atoms with Gasteiger partial charge < -0.3 is 5.32 Å². The fourth-order valence-electron chi connectivity index (χ4n) is 1.99. The van der Waals surface area contributed by atoms with Crippen molar-refractivity contribution in [1.29, 1.82) is 0 Å². The van der Waals surface area contributed by atoms with E-state index in [1.165, 1.54) is 0 Å². The van der Waals surface area contributed by atoms with Gasteiger partial charge >= 0.3 is 0 Å². The maximum atomic E-state index is 12.5. The summed E-state index contributed by atoms with van der Waals surface area (Å²) in [6.07, 6.45) is 7.50. The van der Waals surface area contributed by atoms with E-state index in [2.05, 4.69) is 5.32 Å². The van der Waals surface area contributed by atoms with Crippen LogP contribution in [0.2, 0.25) is 0 Å². The lowest BCUT2D eigenvalue weighted by Gasteiger charge is -2.27. The number of ketones is 1. The molecule has 2 heteroatoms. The molecule has 88 valence electrons. The molecule has 0 aliphatic carbocycles. The summed E-state index contributed by atoms with van der Waals surface area (Å²) in [5.41, 5.74) is 2.37. The van der Waals surface area contributed by atoms with Gasteiger partial charge in [-0.15, -0.1) is 0 Å². The lowest BCUT2D eigenvalue weighted by atomic mass is 9.86. The van der Waals surface area contributed by atoms with Crippen molar-refractivity contribution < 1.29 is 4.79 Å². The number of carbonyl (C=O) groups is 1. The first-order valence-corrected chi connectivity index (χ1v) is 5.78. The number of benzene rings is 1. The van der Waals surface area contributed by atoms with Crippen LogP contribution in [0, 0.1) is 13.8 Å². The third-order valence-corrected chi connectivity index (χ3v) is 3.34. The number of nitrogens with one attached hydrogen (secondary N) is 1. The van der Waals surface area contributed by atoms with Gasteiger partial charge in [-0.1, -0.05) is 30.4 Å². The van der Waals surface area contributed by atoms with Crippen molar-refractivity contribution in [3.05, 3.63) is 59.3 Å². The average Bonchev–Trinajstić information content (AvgIpc) is 2.33. The second-order valence-corrected chi connectivity index (χ2v) is 4.64. The first-order valence-electron chi connectivity index (χ1n) is 5.78. The van der Waals surface area contributed by atoms with Gasteiger partial charge in [0.15, 0.2) is 5.78 Å². The fourth-order valence-corrected chi connectivity index (χ4v) is 1.99. The van der Waals surface area contributed by atoms with Crippen LogP contribution in [0.5, 0.6) is 0 Å². The Morgan fingerprint density at radius 1 is 1.24 bits per heavy atom. The summed E-state index contributed by atoms with van der Waals surface area (Å²) in [5, 5.41) is 3.12. The molecular formula is C15H17NO. The highest BCUT2D eigenvalue weighted by atomic mass is 16.1. The average molecular weight is 227 g/mol. The monoisotopic (exact) mass is 227 g/mol. The molecule has 1 atom stereocenters. The van der Waals surface area contributed by atoms with Crippen molar-refractivity contribution >= 4 is 5.78 Å². The van der Waals surface area contributed by atoms with Crippen LogP contribution in [0.3, 0.4) is 0 Å². The zero-order chi connectivity index (χ0) is 12.5. The number of hydrogen-bond donors (Lipinski definition) is 1. The molecule has 1 unspecified atom stereocenters. The molecule has 1 aromatic carbocycles. The van der Waals surface area contributed by atoms with E-state index < -0.39 is 5.54 Å². The van der Waals surface area contributed by atoms with Crippen LogP contribution in [0.15, 0.2) is 42.6 Å². The Balaban J connectivity index is 2.41. The highest BCUT2D eigenvalue weighted by Gasteiger charge is 2.31. The smallest absolute Gasteiger partial charge is 0.192 e. The van der Waals surface area contributed by atoms with Crippen LogP contribution in [-0.4, -0.2) is 11.3 Å². The molecule has 0 amide bonds. The van der Waals surface area contributed by atoms with Gasteiger partial charge in [0.05, 0.1) is 0 Å². The number of Topliss-reactive ketones (excluding diaryl/α,β-unsaturated/α-hetero) is 1. The molecule has 1 aromatic rings. The van der Waals surface area contributed by atoms with Gasteiger partial charge in [0.2, 0.25) is 0 Å². The Morgan fingerprint density at radius 3 is 2.65 bits per heavy atom. The molecule has 0 saturated heterocycles. The van der Waals surface area contributed by atoms with Crippen molar-refractivity contribution in [2.75, 3.05) is 0 Å². The predicted molar refractivity (Wildman–Crippen MR) is 70.1 cm³/mol. The standard InChI is InChI=1S/C15H17NO/c1-11-7-6-8-13(12(11)2)14(17)15(3)9-4-5-10-16-15/h4-10,16H,1-3H3. The topological polar surface area (TPSA) is 29.1 Å². The van der Waals surface area contributed by atoms with Crippen LogP contribution in [0.1, 0.15) is 28.4 Å². The van der Waals surface area contributed by atoms with Crippen molar-refractivity contribution in [2.45, 2.75) is 26.3 Å². The SMILES string of the molecule is Cc1cccc(C(=O)C2(C)C=CC=CN2)c1C. The maximum Gasteiger partial charge on any atom is 0.192 e. The molecule has 0 bridgehead atoms. The van der Waals surface area contributed by atoms with Crippen molar-refractivity contribution in [3.8, 4) is 0 Å². The Hall–Kier alpha value is -1.83. The van der Waals surface area contributed by atoms with E-state index in [9.17, 15) is 4.79 Å². The largest absolute Gasteiger partial charge is 0.376 e. The van der Waals surface area contributed by atoms with E-state index in [1.54, 1.807) is 0 Å². The van der Waals surface area contributed by atoms with E-state index in [-0.39, 0.29) is 5.78 Å². The number of dihydropyridines is 1. The summed E-state index contributed by atoms with van der Waals surface area (Å²) in [6, 6.07) is 5.85. The van der Waals surface area contributed by atoms with Crippen molar-refractivity contribution in [1.82, 2.24) is 5.32 Å². The molecule has 2 rings (SSSR count). The molecule has 0 saturated carbocycles. The minimum absolute atomic E-state index is 0.110. The highest BCUT2D eigenvalue weighted by molar-refractivity contribution is 6.05. The third-order valence-electron chi connectivity index (χ3n) is 3.34. The molecule has 0 aromatic heterocycles. The number of hydrogen-bond acceptors (Lipinski definition) is 2. The summed E-state index contributed by atoms with van der Waals surface area (Å²) < 4.78 is 0. The van der Waals surface area contributed by atoms with Gasteiger partial charge in [0.25, 0.3) is 0 Å². The summed E-state index contributed by atoms with van der Waals surface area (Å²) in [7, 11) is 0. The number of rotatable bonds is 2. The van der Waals surface area contributed by atoms with Gasteiger partial charge in [0.1, 0.15) is 5.54 Å². The van der Waals surface area contributed by atoms with Gasteiger partial charge in [-0.3, -0.25) is 4.79 Å². The van der Waals surface area contributed by atoms with E-state index in [0.717, 1.165) is 16.7 Å². The molecule has 0 radical (unpaired) electrons. The first-order chi connectivity index (χ1) is 8.04. The molecule has 1 aliphatic heterocycles. The van der Waals surface area contributed by atoms with Gasteiger partial charge in [0, 0.05) is 5.56 Å². The van der Waals surface area contributed by atoms with Crippen LogP contribution in [-0.2, 0) is 0 Å². The van der Waals surface area contributed by atoms with Gasteiger partial charge in [-0.25, -0.2) is 0 Å². The normalized spacial score (nSPS) is 22.3. The third kappa shape index (κ3) is 2.03. The first kappa shape index (κ1) is 11.6. The number of allylic oxidation sites excluding steroid dienone is 2. The molecule has 0 fully saturated rings. The summed E-state index contributed by atoms with van der Waals surface area (Å²) in [5.74, 6) is 0.110. The summed E-state index contributed by atoms with van der Waals surface area (Å²) in [4.78, 5) is 12.5. The number of aryl methyl sites for hydroxylation is 1. The molecular weight excluding hydrogens is 210 g/mol. The molecule has 1 N–H and O–H groups in total. The number of carbonyl (C=O) groups excluding carboxylic acids is 1. The maximum absolute atomic E-state index is 12.5. The minimum Gasteiger partial charge on any atom is -0.376 e. The van der Waals surface area contributed by atoms with E-state index in [4.69, 9.17) is 0 Å². The molecule has 17 heavy (non-hydrogen) atoms. The van der Waals surface area contributed by atoms with Crippen LogP contribution >= 0.6 is 0 Å². The van der Waals surface area contributed by atoms with Crippen LogP contribution in [0.4, 0.5) is 0 Å². The van der Waals surface area contributed by atoms with Crippen LogP contribution in [0.25, 0.3) is 0 Å². The summed E-state index contributed by atoms with van der Waals surface area (Å²) in [6.45, 7) is 5.92. The van der Waals surface area contributed by atoms with E-state index in [0.29, 0.717) is 0 Å². The second-order valence-electron chi connectivity index (χ2n) is 4.64. The van der Waals surface area contributed by atoms with Gasteiger partial charge in [-0.2, -0.15) is 0 Å². The molecule has 1 heterocycles. The Labute approximate surface area is 102 Å². The lowest BCUT2D eigenvalue weighted by Crippen LogP contribution is -2.46. The van der Waals surface area contributed by atoms with E-state index in [1.807, 2.05) is 63.4 Å². The quantitative estimate of drug-likeness (QED) is 0.787. The second kappa shape index (κ2) is 4.21. The van der Waals surface area contributed by atoms with Crippen LogP contribution < -0.4 is 5.32 Å². The van der Waals surface area contributed by atoms with E-state index >= 15 is 0 Å². The molecule has 2 nitrogen and oxygen atoms in total. The lowest BCUT2D eigenvalue weighted by molar-refractivity contribution is 0.0913. The Morgan fingerprint density at radius 2 is 2.00 bits per heavy atom. The van der Waals surface area contributed by atoms with Crippen molar-refractivity contribution in [3.63, 3.8) is 0 Å². The summed E-state index contributed by atoms with van der Waals surface area (Å²) >= 11 is 0. The fraction of sp³-hybridized carbons (Fsp3) is 0.267. The van der Waals surface area contributed by atoms with Crippen molar-refractivity contribution in [2.24, 2.45) is 0 Å². The Bertz CT molecular complexity index is 514. The highest BCUT2D eigenvalue weighted by Crippen LogP contribution is 2.21. The van der Waals surface area contributed by atoms with Gasteiger partial charge in [-0.05, 0) is 44.2 Å². The zero-order valence-electron chi connectivity index (χ0n) is 10.4. The molecule has 0 spiro atoms. The molecule has 1 aliphatic rings. The Kier molecular flexibility index (Phi) is 2.88. The predicted octanol–water partition coefficient (Wildman–Crippen LogP) is 2.92.